The highest BCUT2D eigenvalue weighted by Crippen LogP contribution is 2.26. The van der Waals surface area contributed by atoms with Gasteiger partial charge in [-0.2, -0.15) is 0 Å². The zero-order valence-electron chi connectivity index (χ0n) is 8.40. The van der Waals surface area contributed by atoms with Crippen LogP contribution in [0.3, 0.4) is 0 Å². The average molecular weight is 238 g/mol. The molecule has 0 saturated heterocycles. The van der Waals surface area contributed by atoms with E-state index in [1.165, 1.54) is 13.2 Å². The molecule has 16 heavy (non-hydrogen) atoms. The molecule has 0 saturated carbocycles. The standard InChI is InChI=1S/C11H8ClNO3/c1-16-10-8-3-2-7(12)4-6(8)5-9(13-10)11(14)15/h2-5H,1H3,(H,14,15). The number of fused-ring (bicyclic) bond motifs is 1. The summed E-state index contributed by atoms with van der Waals surface area (Å²) < 4.78 is 5.04. The lowest BCUT2D eigenvalue weighted by atomic mass is 10.1. The van der Waals surface area contributed by atoms with Crippen LogP contribution in [0.5, 0.6) is 5.88 Å². The van der Waals surface area contributed by atoms with E-state index in [-0.39, 0.29) is 11.6 Å². The van der Waals surface area contributed by atoms with E-state index >= 15 is 0 Å². The molecule has 1 heterocycles. The van der Waals surface area contributed by atoms with Gasteiger partial charge < -0.3 is 9.84 Å². The van der Waals surface area contributed by atoms with Crippen molar-refractivity contribution < 1.29 is 14.6 Å². The van der Waals surface area contributed by atoms with Gasteiger partial charge in [0.2, 0.25) is 5.88 Å². The Kier molecular flexibility index (Phi) is 2.66. The predicted octanol–water partition coefficient (Wildman–Crippen LogP) is 2.60. The third-order valence-corrected chi connectivity index (χ3v) is 2.41. The van der Waals surface area contributed by atoms with Crippen molar-refractivity contribution in [3.8, 4) is 5.88 Å². The summed E-state index contributed by atoms with van der Waals surface area (Å²) in [6.45, 7) is 0. The smallest absolute Gasteiger partial charge is 0.354 e. The number of aromatic nitrogens is 1. The summed E-state index contributed by atoms with van der Waals surface area (Å²) in [5, 5.41) is 10.8. The van der Waals surface area contributed by atoms with E-state index in [0.29, 0.717) is 10.4 Å². The van der Waals surface area contributed by atoms with Gasteiger partial charge in [0, 0.05) is 10.4 Å². The molecule has 0 aliphatic heterocycles. The summed E-state index contributed by atoms with van der Waals surface area (Å²) in [4.78, 5) is 14.7. The number of methoxy groups -OCH3 is 1. The molecule has 0 fully saturated rings. The average Bonchev–Trinajstić information content (AvgIpc) is 2.26. The molecule has 4 nitrogen and oxygen atoms in total. The Bertz CT molecular complexity index is 568. The molecular formula is C11H8ClNO3. The number of hydrogen-bond acceptors (Lipinski definition) is 3. The lowest BCUT2D eigenvalue weighted by molar-refractivity contribution is 0.0690. The number of ether oxygens (including phenoxy) is 1. The van der Waals surface area contributed by atoms with Gasteiger partial charge in [-0.15, -0.1) is 0 Å². The van der Waals surface area contributed by atoms with Crippen molar-refractivity contribution >= 4 is 28.3 Å². The first-order valence-electron chi connectivity index (χ1n) is 4.49. The summed E-state index contributed by atoms with van der Waals surface area (Å²) in [5.41, 5.74) is -0.0633. The quantitative estimate of drug-likeness (QED) is 0.872. The zero-order valence-corrected chi connectivity index (χ0v) is 9.15. The molecule has 0 atom stereocenters. The zero-order chi connectivity index (χ0) is 11.7. The van der Waals surface area contributed by atoms with Crippen LogP contribution in [0.4, 0.5) is 0 Å². The van der Waals surface area contributed by atoms with Crippen molar-refractivity contribution in [3.05, 3.63) is 35.0 Å². The largest absolute Gasteiger partial charge is 0.481 e. The van der Waals surface area contributed by atoms with Crippen LogP contribution in [0.25, 0.3) is 10.8 Å². The minimum Gasteiger partial charge on any atom is -0.481 e. The Balaban J connectivity index is 2.78. The highest BCUT2D eigenvalue weighted by atomic mass is 35.5. The van der Waals surface area contributed by atoms with Crippen LogP contribution in [0, 0.1) is 0 Å². The summed E-state index contributed by atoms with van der Waals surface area (Å²) in [7, 11) is 1.45. The first kappa shape index (κ1) is 10.7. The second-order valence-corrected chi connectivity index (χ2v) is 3.62. The predicted molar refractivity (Wildman–Crippen MR) is 60.3 cm³/mol. The molecule has 1 N–H and O–H groups in total. The molecule has 0 aliphatic carbocycles. The highest BCUT2D eigenvalue weighted by molar-refractivity contribution is 6.31. The number of pyridine rings is 1. The third kappa shape index (κ3) is 1.79. The number of carboxylic acids is 1. The van der Waals surface area contributed by atoms with E-state index in [1.807, 2.05) is 0 Å². The molecule has 1 aromatic heterocycles. The van der Waals surface area contributed by atoms with E-state index in [0.717, 1.165) is 5.39 Å². The Morgan fingerprint density at radius 3 is 2.81 bits per heavy atom. The molecule has 0 spiro atoms. The van der Waals surface area contributed by atoms with Crippen LogP contribution in [0.2, 0.25) is 5.02 Å². The maximum atomic E-state index is 10.8. The molecule has 82 valence electrons. The van der Waals surface area contributed by atoms with Gasteiger partial charge in [0.15, 0.2) is 5.69 Å². The number of carbonyl (C=O) groups is 1. The summed E-state index contributed by atoms with van der Waals surface area (Å²) >= 11 is 5.84. The van der Waals surface area contributed by atoms with E-state index < -0.39 is 5.97 Å². The molecule has 5 heteroatoms. The SMILES string of the molecule is COc1nc(C(=O)O)cc2cc(Cl)ccc12. The first-order valence-corrected chi connectivity index (χ1v) is 4.87. The molecule has 0 unspecified atom stereocenters. The molecule has 0 radical (unpaired) electrons. The second kappa shape index (κ2) is 3.98. The number of halogens is 1. The van der Waals surface area contributed by atoms with Crippen molar-refractivity contribution in [2.75, 3.05) is 7.11 Å². The Labute approximate surface area is 96.4 Å². The normalized spacial score (nSPS) is 10.4. The highest BCUT2D eigenvalue weighted by Gasteiger charge is 2.11. The van der Waals surface area contributed by atoms with Gasteiger partial charge >= 0.3 is 5.97 Å². The van der Waals surface area contributed by atoms with Gasteiger partial charge in [-0.3, -0.25) is 0 Å². The van der Waals surface area contributed by atoms with E-state index in [9.17, 15) is 4.79 Å². The lowest BCUT2D eigenvalue weighted by Gasteiger charge is -2.06. The van der Waals surface area contributed by atoms with Crippen LogP contribution < -0.4 is 4.74 Å². The monoisotopic (exact) mass is 237 g/mol. The number of aromatic carboxylic acids is 1. The molecule has 2 rings (SSSR count). The molecule has 0 aliphatic rings. The van der Waals surface area contributed by atoms with Gasteiger partial charge in [0.25, 0.3) is 0 Å². The Hall–Kier alpha value is -1.81. The van der Waals surface area contributed by atoms with E-state index in [2.05, 4.69) is 4.98 Å². The van der Waals surface area contributed by atoms with Crippen molar-refractivity contribution in [1.29, 1.82) is 0 Å². The van der Waals surface area contributed by atoms with Gasteiger partial charge in [0.1, 0.15) is 0 Å². The molecule has 0 bridgehead atoms. The van der Waals surface area contributed by atoms with Crippen LogP contribution >= 0.6 is 11.6 Å². The van der Waals surface area contributed by atoms with Gasteiger partial charge in [0.05, 0.1) is 7.11 Å². The van der Waals surface area contributed by atoms with Crippen molar-refractivity contribution in [1.82, 2.24) is 4.98 Å². The molecular weight excluding hydrogens is 230 g/mol. The van der Waals surface area contributed by atoms with Crippen molar-refractivity contribution in [3.63, 3.8) is 0 Å². The number of benzene rings is 1. The van der Waals surface area contributed by atoms with Crippen molar-refractivity contribution in [2.24, 2.45) is 0 Å². The first-order chi connectivity index (χ1) is 7.61. The number of nitrogens with zero attached hydrogens (tertiary/aromatic N) is 1. The van der Waals surface area contributed by atoms with Gasteiger partial charge in [-0.25, -0.2) is 9.78 Å². The van der Waals surface area contributed by atoms with Crippen LogP contribution in [0.1, 0.15) is 10.5 Å². The van der Waals surface area contributed by atoms with Gasteiger partial charge in [-0.1, -0.05) is 11.6 Å². The third-order valence-electron chi connectivity index (χ3n) is 2.17. The summed E-state index contributed by atoms with van der Waals surface area (Å²) in [6, 6.07) is 6.59. The number of carboxylic acid groups (broad SMARTS) is 1. The minimum absolute atomic E-state index is 0.0633. The second-order valence-electron chi connectivity index (χ2n) is 3.19. The fourth-order valence-electron chi connectivity index (χ4n) is 1.46. The van der Waals surface area contributed by atoms with Crippen molar-refractivity contribution in [2.45, 2.75) is 0 Å². The van der Waals surface area contributed by atoms with Crippen LogP contribution in [-0.2, 0) is 0 Å². The van der Waals surface area contributed by atoms with Gasteiger partial charge in [-0.05, 0) is 29.7 Å². The topological polar surface area (TPSA) is 59.4 Å². The fraction of sp³-hybridized carbons (Fsp3) is 0.0909. The Morgan fingerprint density at radius 2 is 2.19 bits per heavy atom. The molecule has 1 aromatic carbocycles. The fourth-order valence-corrected chi connectivity index (χ4v) is 1.64. The maximum absolute atomic E-state index is 10.8. The summed E-state index contributed by atoms with van der Waals surface area (Å²) in [5.74, 6) is -0.813. The van der Waals surface area contributed by atoms with E-state index in [4.69, 9.17) is 21.4 Å². The molecule has 0 amide bonds. The van der Waals surface area contributed by atoms with E-state index in [1.54, 1.807) is 18.2 Å². The number of rotatable bonds is 2. The lowest BCUT2D eigenvalue weighted by Crippen LogP contribution is -2.02. The van der Waals surface area contributed by atoms with Crippen LogP contribution in [0.15, 0.2) is 24.3 Å². The van der Waals surface area contributed by atoms with Crippen LogP contribution in [-0.4, -0.2) is 23.2 Å². The number of hydrogen-bond donors (Lipinski definition) is 1. The maximum Gasteiger partial charge on any atom is 0.354 e. The minimum atomic E-state index is -1.10. The summed E-state index contributed by atoms with van der Waals surface area (Å²) in [6.07, 6.45) is 0. The molecule has 2 aromatic rings. The Morgan fingerprint density at radius 1 is 1.44 bits per heavy atom.